The monoisotopic (exact) mass is 309 g/mol. The zero-order valence-electron chi connectivity index (χ0n) is 10.9. The number of amides is 1. The Hall–Kier alpha value is -1.72. The van der Waals surface area contributed by atoms with E-state index in [0.717, 1.165) is 0 Å². The molecule has 116 valence electrons. The lowest BCUT2D eigenvalue weighted by Crippen LogP contribution is -2.40. The van der Waals surface area contributed by atoms with E-state index in [2.05, 4.69) is 10.3 Å². The second-order valence-electron chi connectivity index (χ2n) is 4.26. The maximum Gasteiger partial charge on any atom is 0.394 e. The lowest BCUT2D eigenvalue weighted by Gasteiger charge is -2.14. The molecule has 0 spiro atoms. The predicted molar refractivity (Wildman–Crippen MR) is 73.0 cm³/mol. The molecule has 0 radical (unpaired) electrons. The summed E-state index contributed by atoms with van der Waals surface area (Å²) in [5.74, 6) is 0.468. The smallest absolute Gasteiger partial charge is 0.388 e. The van der Waals surface area contributed by atoms with Gasteiger partial charge in [0.15, 0.2) is 0 Å². The molecule has 2 unspecified atom stereocenters. The van der Waals surface area contributed by atoms with E-state index in [9.17, 15) is 4.79 Å². The molecule has 8 N–H and O–H groups in total. The van der Waals surface area contributed by atoms with E-state index in [1.54, 1.807) is 6.92 Å². The van der Waals surface area contributed by atoms with Gasteiger partial charge in [0.2, 0.25) is 5.91 Å². The lowest BCUT2D eigenvalue weighted by atomic mass is 10.1. The summed E-state index contributed by atoms with van der Waals surface area (Å²) in [4.78, 5) is 15.6. The van der Waals surface area contributed by atoms with Gasteiger partial charge in [-0.15, -0.1) is 0 Å². The fraction of sp³-hybridized carbons (Fsp3) is 0.667. The van der Waals surface area contributed by atoms with Gasteiger partial charge >= 0.3 is 10.4 Å². The molecule has 0 aromatic rings. The van der Waals surface area contributed by atoms with E-state index in [1.165, 1.54) is 0 Å². The molecule has 11 heteroatoms. The van der Waals surface area contributed by atoms with Gasteiger partial charge in [-0.05, 0) is 13.3 Å². The number of nitrogens with two attached hydrogens (primary N) is 2. The highest BCUT2D eigenvalue weighted by Gasteiger charge is 2.23. The Bertz CT molecular complexity index is 481. The molecule has 0 aromatic carbocycles. The van der Waals surface area contributed by atoms with E-state index < -0.39 is 10.4 Å². The molecule has 20 heavy (non-hydrogen) atoms. The van der Waals surface area contributed by atoms with Crippen LogP contribution in [0.4, 0.5) is 0 Å². The van der Waals surface area contributed by atoms with Crippen LogP contribution < -0.4 is 16.8 Å². The zero-order chi connectivity index (χ0) is 15.9. The summed E-state index contributed by atoms with van der Waals surface area (Å²) < 4.78 is 31.6. The Morgan fingerprint density at radius 2 is 2.10 bits per heavy atom. The van der Waals surface area contributed by atoms with Crippen LogP contribution in [0.5, 0.6) is 0 Å². The molecule has 1 rings (SSSR count). The van der Waals surface area contributed by atoms with Crippen molar-refractivity contribution in [2.75, 3.05) is 0 Å². The molecule has 0 saturated carbocycles. The minimum absolute atomic E-state index is 0.0669. The topological polar surface area (TPSA) is 192 Å². The molecular weight excluding hydrogens is 290 g/mol. The average molecular weight is 309 g/mol. The highest BCUT2D eigenvalue weighted by atomic mass is 32.3. The molecule has 0 fully saturated rings. The molecule has 0 saturated heterocycles. The van der Waals surface area contributed by atoms with Gasteiger partial charge < -0.3 is 16.8 Å². The summed E-state index contributed by atoms with van der Waals surface area (Å²) in [6.45, 7) is 1.81. The van der Waals surface area contributed by atoms with Crippen molar-refractivity contribution in [2.24, 2.45) is 16.5 Å². The van der Waals surface area contributed by atoms with Crippen molar-refractivity contribution in [1.82, 2.24) is 5.32 Å². The summed E-state index contributed by atoms with van der Waals surface area (Å²) in [7, 11) is -4.67. The van der Waals surface area contributed by atoms with Crippen LogP contribution in [0.1, 0.15) is 26.2 Å². The van der Waals surface area contributed by atoms with Crippen LogP contribution in [-0.2, 0) is 15.2 Å². The van der Waals surface area contributed by atoms with Crippen LogP contribution in [-0.4, -0.2) is 47.2 Å². The van der Waals surface area contributed by atoms with Crippen LogP contribution in [0.3, 0.4) is 0 Å². The average Bonchev–Trinajstić information content (AvgIpc) is 2.60. The number of amidine groups is 2. The predicted octanol–water partition coefficient (Wildman–Crippen LogP) is -1.32. The number of aliphatic imine (C=N–C) groups is 1. The van der Waals surface area contributed by atoms with Crippen LogP contribution in [0.2, 0.25) is 0 Å². The van der Waals surface area contributed by atoms with Crippen molar-refractivity contribution in [2.45, 2.75) is 38.3 Å². The molecule has 1 aliphatic rings. The second kappa shape index (κ2) is 7.77. The molecule has 10 nitrogen and oxygen atoms in total. The summed E-state index contributed by atoms with van der Waals surface area (Å²) in [6.07, 6.45) is 1.71. The fourth-order valence-corrected chi connectivity index (χ4v) is 1.52. The lowest BCUT2D eigenvalue weighted by molar-refractivity contribution is -0.122. The Kier molecular flexibility index (Phi) is 7.10. The quantitative estimate of drug-likeness (QED) is 0.210. The Morgan fingerprint density at radius 1 is 1.60 bits per heavy atom. The zero-order valence-corrected chi connectivity index (χ0v) is 11.7. The third-order valence-corrected chi connectivity index (χ3v) is 2.21. The first kappa shape index (κ1) is 18.3. The van der Waals surface area contributed by atoms with Gasteiger partial charge in [0.25, 0.3) is 0 Å². The van der Waals surface area contributed by atoms with Crippen LogP contribution in [0, 0.1) is 5.41 Å². The maximum absolute atomic E-state index is 11.6. The first-order chi connectivity index (χ1) is 8.99. The van der Waals surface area contributed by atoms with Crippen LogP contribution in [0.15, 0.2) is 4.99 Å². The van der Waals surface area contributed by atoms with E-state index in [1.807, 2.05) is 0 Å². The van der Waals surface area contributed by atoms with Gasteiger partial charge in [-0.1, -0.05) is 0 Å². The largest absolute Gasteiger partial charge is 0.394 e. The second-order valence-corrected chi connectivity index (χ2v) is 5.16. The van der Waals surface area contributed by atoms with Crippen molar-refractivity contribution < 1.29 is 22.3 Å². The molecule has 0 aliphatic carbocycles. The fourth-order valence-electron chi connectivity index (χ4n) is 1.52. The van der Waals surface area contributed by atoms with Gasteiger partial charge in [-0.25, -0.2) is 0 Å². The number of nitrogens with one attached hydrogen (secondary N) is 2. The third kappa shape index (κ3) is 10.2. The SMILES string of the molecule is CC(CC(=N)N)NC(=O)C1CCC(N)=N1.O=S(=O)(O)O. The summed E-state index contributed by atoms with van der Waals surface area (Å²) >= 11 is 0. The molecule has 0 bridgehead atoms. The Balaban J connectivity index is 0.000000621. The van der Waals surface area contributed by atoms with E-state index in [4.69, 9.17) is 34.4 Å². The van der Waals surface area contributed by atoms with Crippen molar-refractivity contribution in [3.8, 4) is 0 Å². The van der Waals surface area contributed by atoms with E-state index >= 15 is 0 Å². The molecule has 1 aliphatic heterocycles. The summed E-state index contributed by atoms with van der Waals surface area (Å²) in [6, 6.07) is -0.494. The number of rotatable bonds is 4. The highest BCUT2D eigenvalue weighted by molar-refractivity contribution is 7.79. The van der Waals surface area contributed by atoms with Crippen molar-refractivity contribution in [1.29, 1.82) is 5.41 Å². The number of nitrogens with zero attached hydrogens (tertiary/aromatic N) is 1. The van der Waals surface area contributed by atoms with Gasteiger partial charge in [-0.3, -0.25) is 24.3 Å². The Labute approximate surface area is 116 Å². The van der Waals surface area contributed by atoms with Crippen LogP contribution >= 0.6 is 0 Å². The van der Waals surface area contributed by atoms with Crippen LogP contribution in [0.25, 0.3) is 0 Å². The standard InChI is InChI=1S/C9H17N5O.H2O4S/c1-5(4-7(10)11)13-9(15)6-2-3-8(12)14-6;1-5(2,3)4/h5-6H,2-4H2,1H3,(H3,10,11)(H2,12,14)(H,13,15);(H2,1,2,3,4). The first-order valence-electron chi connectivity index (χ1n) is 5.64. The number of hydrogen-bond donors (Lipinski definition) is 6. The molecule has 0 aromatic heterocycles. The molecule has 1 amide bonds. The normalized spacial score (nSPS) is 19.4. The van der Waals surface area contributed by atoms with Crippen molar-refractivity contribution in [3.05, 3.63) is 0 Å². The summed E-state index contributed by atoms with van der Waals surface area (Å²) in [5, 5.41) is 9.84. The third-order valence-electron chi connectivity index (χ3n) is 2.21. The molecular formula is C9H19N5O5S. The van der Waals surface area contributed by atoms with E-state index in [-0.39, 0.29) is 23.8 Å². The van der Waals surface area contributed by atoms with Gasteiger partial charge in [0.1, 0.15) is 6.04 Å². The molecule has 1 heterocycles. The van der Waals surface area contributed by atoms with Gasteiger partial charge in [0.05, 0.1) is 11.7 Å². The van der Waals surface area contributed by atoms with Gasteiger partial charge in [-0.2, -0.15) is 8.42 Å². The van der Waals surface area contributed by atoms with Gasteiger partial charge in [0, 0.05) is 18.9 Å². The van der Waals surface area contributed by atoms with E-state index in [0.29, 0.717) is 25.1 Å². The summed E-state index contributed by atoms with van der Waals surface area (Å²) in [5.41, 5.74) is 10.7. The Morgan fingerprint density at radius 3 is 2.45 bits per heavy atom. The number of hydrogen-bond acceptors (Lipinski definition) is 6. The van der Waals surface area contributed by atoms with Crippen molar-refractivity contribution >= 4 is 28.0 Å². The number of carbonyl (C=O) groups is 1. The minimum atomic E-state index is -4.67. The maximum atomic E-state index is 11.6. The molecule has 2 atom stereocenters. The minimum Gasteiger partial charge on any atom is -0.388 e. The first-order valence-corrected chi connectivity index (χ1v) is 7.04. The number of carbonyl (C=O) groups excluding carboxylic acids is 1. The highest BCUT2D eigenvalue weighted by Crippen LogP contribution is 2.11. The van der Waals surface area contributed by atoms with Crippen molar-refractivity contribution in [3.63, 3.8) is 0 Å².